The molecule has 0 bridgehead atoms. The fraction of sp³-hybridized carbons (Fsp3) is 0.125. The molecule has 0 aliphatic heterocycles. The third-order valence-electron chi connectivity index (χ3n) is 2.73. The van der Waals surface area contributed by atoms with E-state index in [-0.39, 0.29) is 11.7 Å². The van der Waals surface area contributed by atoms with E-state index in [2.05, 4.69) is 5.32 Å². The minimum atomic E-state index is -0.273. The predicted molar refractivity (Wildman–Crippen MR) is 81.5 cm³/mol. The lowest BCUT2D eigenvalue weighted by atomic mass is 10.2. The molecule has 0 aliphatic carbocycles. The third-order valence-corrected chi connectivity index (χ3v) is 3.75. The van der Waals surface area contributed by atoms with Crippen molar-refractivity contribution in [1.29, 1.82) is 5.26 Å². The fourth-order valence-corrected chi connectivity index (χ4v) is 2.55. The molecule has 2 aromatic rings. The average Bonchev–Trinajstić information content (AvgIpc) is 2.50. The van der Waals surface area contributed by atoms with Crippen LogP contribution in [0.15, 0.2) is 53.4 Å². The van der Waals surface area contributed by atoms with Crippen LogP contribution in [0.25, 0.3) is 0 Å². The zero-order valence-corrected chi connectivity index (χ0v) is 12.0. The molecule has 0 fully saturated rings. The van der Waals surface area contributed by atoms with Gasteiger partial charge in [-0.3, -0.25) is 4.79 Å². The third kappa shape index (κ3) is 4.62. The number of thioether (sulfide) groups is 1. The molecule has 0 atom stereocenters. The molecule has 0 saturated heterocycles. The number of hydrogen-bond donors (Lipinski definition) is 1. The summed E-state index contributed by atoms with van der Waals surface area (Å²) < 4.78 is 12.8. The van der Waals surface area contributed by atoms with Gasteiger partial charge in [-0.05, 0) is 36.4 Å². The Morgan fingerprint density at radius 1 is 1.19 bits per heavy atom. The largest absolute Gasteiger partial charge is 0.325 e. The smallest absolute Gasteiger partial charge is 0.225 e. The number of carbonyl (C=O) groups excluding carboxylic acids is 1. The van der Waals surface area contributed by atoms with Crippen molar-refractivity contribution in [2.24, 2.45) is 0 Å². The van der Waals surface area contributed by atoms with Gasteiger partial charge in [0.1, 0.15) is 11.9 Å². The maximum Gasteiger partial charge on any atom is 0.225 e. The van der Waals surface area contributed by atoms with Crippen LogP contribution in [0.5, 0.6) is 0 Å². The Hall–Kier alpha value is -2.32. The Balaban J connectivity index is 1.82. The van der Waals surface area contributed by atoms with Gasteiger partial charge < -0.3 is 5.32 Å². The minimum Gasteiger partial charge on any atom is -0.325 e. The molecule has 5 heteroatoms. The summed E-state index contributed by atoms with van der Waals surface area (Å²) in [4.78, 5) is 12.7. The number of para-hydroxylation sites is 1. The lowest BCUT2D eigenvalue weighted by Gasteiger charge is -2.06. The maximum atomic E-state index is 12.8. The van der Waals surface area contributed by atoms with Gasteiger partial charge in [-0.15, -0.1) is 11.8 Å². The van der Waals surface area contributed by atoms with Crippen LogP contribution in [0, 0.1) is 17.1 Å². The zero-order chi connectivity index (χ0) is 15.1. The fourth-order valence-electron chi connectivity index (χ4n) is 1.69. The summed E-state index contributed by atoms with van der Waals surface area (Å²) in [6.07, 6.45) is 0.321. The Morgan fingerprint density at radius 2 is 1.90 bits per heavy atom. The number of nitrogens with one attached hydrogen (secondary N) is 1. The van der Waals surface area contributed by atoms with Gasteiger partial charge in [0.25, 0.3) is 0 Å². The molecular formula is C16H13FN2OS. The molecule has 21 heavy (non-hydrogen) atoms. The van der Waals surface area contributed by atoms with Crippen molar-refractivity contribution in [2.45, 2.75) is 11.3 Å². The van der Waals surface area contributed by atoms with Gasteiger partial charge in [-0.2, -0.15) is 5.26 Å². The van der Waals surface area contributed by atoms with Crippen molar-refractivity contribution in [3.05, 3.63) is 59.9 Å². The van der Waals surface area contributed by atoms with Crippen LogP contribution in [0.3, 0.4) is 0 Å². The Morgan fingerprint density at radius 3 is 2.62 bits per heavy atom. The summed E-state index contributed by atoms with van der Waals surface area (Å²) in [7, 11) is 0. The molecular weight excluding hydrogens is 287 g/mol. The summed E-state index contributed by atoms with van der Waals surface area (Å²) in [5.74, 6) is 0.171. The summed E-state index contributed by atoms with van der Waals surface area (Å²) in [6, 6.07) is 15.1. The standard InChI is InChI=1S/C16H13FN2OS/c17-13-5-7-14(8-6-13)21-10-9-16(20)19-15-4-2-1-3-12(15)11-18/h1-8H,9-10H2,(H,19,20). The molecule has 2 rings (SSSR count). The summed E-state index contributed by atoms with van der Waals surface area (Å²) in [5, 5.41) is 11.7. The van der Waals surface area contributed by atoms with Crippen molar-refractivity contribution in [2.75, 3.05) is 11.1 Å². The number of carbonyl (C=O) groups is 1. The van der Waals surface area contributed by atoms with Gasteiger partial charge in [-0.25, -0.2) is 4.39 Å². The van der Waals surface area contributed by atoms with Crippen LogP contribution in [0.1, 0.15) is 12.0 Å². The summed E-state index contributed by atoms with van der Waals surface area (Å²) in [5.41, 5.74) is 0.966. The molecule has 3 nitrogen and oxygen atoms in total. The van der Waals surface area contributed by atoms with Crippen LogP contribution in [0.4, 0.5) is 10.1 Å². The second-order valence-electron chi connectivity index (χ2n) is 4.26. The first-order valence-electron chi connectivity index (χ1n) is 6.36. The van der Waals surface area contributed by atoms with Crippen molar-refractivity contribution < 1.29 is 9.18 Å². The van der Waals surface area contributed by atoms with Gasteiger partial charge in [-0.1, -0.05) is 12.1 Å². The molecule has 0 unspecified atom stereocenters. The normalized spacial score (nSPS) is 9.90. The number of rotatable bonds is 5. The first-order chi connectivity index (χ1) is 10.2. The molecule has 1 N–H and O–H groups in total. The lowest BCUT2D eigenvalue weighted by Crippen LogP contribution is -2.13. The van der Waals surface area contributed by atoms with Gasteiger partial charge >= 0.3 is 0 Å². The number of benzene rings is 2. The van der Waals surface area contributed by atoms with E-state index in [9.17, 15) is 9.18 Å². The van der Waals surface area contributed by atoms with Crippen LogP contribution < -0.4 is 5.32 Å². The maximum absolute atomic E-state index is 12.8. The summed E-state index contributed by atoms with van der Waals surface area (Å²) >= 11 is 1.49. The van der Waals surface area contributed by atoms with E-state index >= 15 is 0 Å². The van der Waals surface area contributed by atoms with Crippen LogP contribution in [-0.2, 0) is 4.79 Å². The van der Waals surface area contributed by atoms with Crippen LogP contribution in [-0.4, -0.2) is 11.7 Å². The van der Waals surface area contributed by atoms with Crippen molar-refractivity contribution in [3.8, 4) is 6.07 Å². The van der Waals surface area contributed by atoms with E-state index in [0.717, 1.165) is 4.90 Å². The van der Waals surface area contributed by atoms with Crippen molar-refractivity contribution in [3.63, 3.8) is 0 Å². The SMILES string of the molecule is N#Cc1ccccc1NC(=O)CCSc1ccc(F)cc1. The predicted octanol–water partition coefficient (Wildman–Crippen LogP) is 3.82. The molecule has 0 aliphatic rings. The zero-order valence-electron chi connectivity index (χ0n) is 11.2. The van der Waals surface area contributed by atoms with Crippen LogP contribution >= 0.6 is 11.8 Å². The van der Waals surface area contributed by atoms with E-state index in [1.165, 1.54) is 23.9 Å². The number of hydrogen-bond acceptors (Lipinski definition) is 3. The first kappa shape index (κ1) is 15.1. The van der Waals surface area contributed by atoms with E-state index in [1.807, 2.05) is 6.07 Å². The van der Waals surface area contributed by atoms with E-state index in [0.29, 0.717) is 23.4 Å². The molecule has 0 aromatic heterocycles. The molecule has 1 amide bonds. The van der Waals surface area contributed by atoms with Crippen LogP contribution in [0.2, 0.25) is 0 Å². The summed E-state index contributed by atoms with van der Waals surface area (Å²) in [6.45, 7) is 0. The highest BCUT2D eigenvalue weighted by Crippen LogP contribution is 2.19. The molecule has 0 heterocycles. The number of nitrogens with zero attached hydrogens (tertiary/aromatic N) is 1. The first-order valence-corrected chi connectivity index (χ1v) is 7.35. The molecule has 0 saturated carbocycles. The number of nitriles is 1. The highest BCUT2D eigenvalue weighted by molar-refractivity contribution is 7.99. The molecule has 2 aromatic carbocycles. The number of halogens is 1. The Labute approximate surface area is 126 Å². The number of anilines is 1. The Bertz CT molecular complexity index is 665. The highest BCUT2D eigenvalue weighted by atomic mass is 32.2. The monoisotopic (exact) mass is 300 g/mol. The van der Waals surface area contributed by atoms with Gasteiger partial charge in [0.2, 0.25) is 5.91 Å². The van der Waals surface area contributed by atoms with Crippen molar-refractivity contribution >= 4 is 23.4 Å². The van der Waals surface area contributed by atoms with E-state index in [1.54, 1.807) is 36.4 Å². The second-order valence-corrected chi connectivity index (χ2v) is 5.43. The van der Waals surface area contributed by atoms with Gasteiger partial charge in [0.15, 0.2) is 0 Å². The van der Waals surface area contributed by atoms with Gasteiger partial charge in [0.05, 0.1) is 11.3 Å². The molecule has 0 spiro atoms. The lowest BCUT2D eigenvalue weighted by molar-refractivity contribution is -0.115. The van der Waals surface area contributed by atoms with E-state index < -0.39 is 0 Å². The quantitative estimate of drug-likeness (QED) is 0.854. The molecule has 106 valence electrons. The van der Waals surface area contributed by atoms with E-state index in [4.69, 9.17) is 5.26 Å². The topological polar surface area (TPSA) is 52.9 Å². The average molecular weight is 300 g/mol. The van der Waals surface area contributed by atoms with Gasteiger partial charge in [0, 0.05) is 17.1 Å². The van der Waals surface area contributed by atoms with Crippen molar-refractivity contribution in [1.82, 2.24) is 0 Å². The molecule has 0 radical (unpaired) electrons. The second kappa shape index (κ2) is 7.46. The minimum absolute atomic E-state index is 0.146. The highest BCUT2D eigenvalue weighted by Gasteiger charge is 2.06. The number of amides is 1. The Kier molecular flexibility index (Phi) is 5.35.